The Kier molecular flexibility index (Phi) is 7.70. The Bertz CT molecular complexity index is 193. The van der Waals surface area contributed by atoms with Crippen LogP contribution in [0.15, 0.2) is 0 Å². The molecule has 0 aliphatic rings. The molecule has 0 amide bonds. The van der Waals surface area contributed by atoms with E-state index in [9.17, 15) is 13.6 Å². The van der Waals surface area contributed by atoms with E-state index in [1.165, 1.54) is 0 Å². The molecular formula is C9H17O4S-. The van der Waals surface area contributed by atoms with Gasteiger partial charge < -0.3 is 9.29 Å². The molecule has 5 heteroatoms. The van der Waals surface area contributed by atoms with Crippen molar-refractivity contribution in [2.75, 3.05) is 12.4 Å². The number of hydrogen-bond acceptors (Lipinski definition) is 4. The molecule has 0 saturated heterocycles. The first-order chi connectivity index (χ1) is 6.56. The van der Waals surface area contributed by atoms with E-state index in [4.69, 9.17) is 4.74 Å². The normalized spacial score (nSPS) is 14.8. The molecule has 0 aromatic rings. The van der Waals surface area contributed by atoms with Gasteiger partial charge in [0.25, 0.3) is 0 Å². The van der Waals surface area contributed by atoms with Crippen molar-refractivity contribution >= 4 is 17.0 Å². The van der Waals surface area contributed by atoms with Crippen molar-refractivity contribution in [3.8, 4) is 0 Å². The van der Waals surface area contributed by atoms with E-state index >= 15 is 0 Å². The van der Waals surface area contributed by atoms with Gasteiger partial charge in [0, 0.05) is 5.75 Å². The van der Waals surface area contributed by atoms with Crippen molar-refractivity contribution in [3.05, 3.63) is 0 Å². The lowest BCUT2D eigenvalue weighted by atomic mass is 10.1. The molecule has 0 spiro atoms. The fraction of sp³-hybridized carbons (Fsp3) is 0.889. The molecule has 0 heterocycles. The zero-order valence-electron chi connectivity index (χ0n) is 8.65. The summed E-state index contributed by atoms with van der Waals surface area (Å²) in [5, 5.41) is 0. The highest BCUT2D eigenvalue weighted by Gasteiger charge is 2.04. The maximum absolute atomic E-state index is 10.9. The molecule has 0 saturated carbocycles. The largest absolute Gasteiger partial charge is 0.772 e. The van der Waals surface area contributed by atoms with Crippen molar-refractivity contribution < 1.29 is 18.3 Å². The third-order valence-electron chi connectivity index (χ3n) is 2.04. The Morgan fingerprint density at radius 2 is 2.21 bits per heavy atom. The monoisotopic (exact) mass is 221 g/mol. The summed E-state index contributed by atoms with van der Waals surface area (Å²) in [6, 6.07) is 0. The van der Waals surface area contributed by atoms with Gasteiger partial charge in [-0.15, -0.1) is 0 Å². The number of hydrogen-bond donors (Lipinski definition) is 0. The molecule has 0 aliphatic heterocycles. The van der Waals surface area contributed by atoms with Crippen LogP contribution < -0.4 is 0 Å². The van der Waals surface area contributed by atoms with Crippen LogP contribution in [-0.2, 0) is 20.6 Å². The van der Waals surface area contributed by atoms with Gasteiger partial charge in [0.1, 0.15) is 0 Å². The molecule has 0 aromatic heterocycles. The number of esters is 1. The van der Waals surface area contributed by atoms with Crippen molar-refractivity contribution in [2.45, 2.75) is 33.1 Å². The van der Waals surface area contributed by atoms with Gasteiger partial charge >= 0.3 is 5.97 Å². The highest BCUT2D eigenvalue weighted by molar-refractivity contribution is 7.79. The average molecular weight is 221 g/mol. The Labute approximate surface area is 87.3 Å². The van der Waals surface area contributed by atoms with Gasteiger partial charge in [-0.1, -0.05) is 31.3 Å². The van der Waals surface area contributed by atoms with Gasteiger partial charge in [0.15, 0.2) is 0 Å². The molecule has 0 N–H and O–H groups in total. The van der Waals surface area contributed by atoms with Gasteiger partial charge in [-0.25, -0.2) is 0 Å². The highest BCUT2D eigenvalue weighted by atomic mass is 32.2. The van der Waals surface area contributed by atoms with Crippen LogP contribution in [0.25, 0.3) is 0 Å². The predicted molar refractivity (Wildman–Crippen MR) is 53.4 cm³/mol. The second-order valence-electron chi connectivity index (χ2n) is 3.28. The SMILES string of the molecule is CCC(C)CCOC(=O)CCS(=O)[O-]. The van der Waals surface area contributed by atoms with Crippen LogP contribution in [0, 0.1) is 5.92 Å². The molecule has 0 rings (SSSR count). The Hall–Kier alpha value is -0.420. The smallest absolute Gasteiger partial charge is 0.306 e. The first-order valence-corrected chi connectivity index (χ1v) is 6.02. The lowest BCUT2D eigenvalue weighted by molar-refractivity contribution is -0.143. The van der Waals surface area contributed by atoms with E-state index in [-0.39, 0.29) is 12.2 Å². The minimum absolute atomic E-state index is 0.0450. The topological polar surface area (TPSA) is 66.4 Å². The van der Waals surface area contributed by atoms with E-state index in [1.807, 2.05) is 0 Å². The second-order valence-corrected chi connectivity index (χ2v) is 4.30. The maximum Gasteiger partial charge on any atom is 0.306 e. The van der Waals surface area contributed by atoms with Crippen LogP contribution in [0.5, 0.6) is 0 Å². The zero-order valence-corrected chi connectivity index (χ0v) is 9.47. The first kappa shape index (κ1) is 13.6. The summed E-state index contributed by atoms with van der Waals surface area (Å²) in [5.41, 5.74) is 0. The Balaban J connectivity index is 3.40. The van der Waals surface area contributed by atoms with E-state index in [0.29, 0.717) is 12.5 Å². The molecule has 84 valence electrons. The number of carbonyl (C=O) groups is 1. The molecule has 0 radical (unpaired) electrons. The standard InChI is InChI=1S/C9H18O4S/c1-3-8(2)4-6-13-9(10)5-7-14(11)12/h8H,3-7H2,1-2H3,(H,11,12)/p-1. The van der Waals surface area contributed by atoms with Gasteiger partial charge in [-0.3, -0.25) is 9.00 Å². The summed E-state index contributed by atoms with van der Waals surface area (Å²) < 4.78 is 25.1. The fourth-order valence-corrected chi connectivity index (χ4v) is 1.15. The lowest BCUT2D eigenvalue weighted by Gasteiger charge is -2.09. The third kappa shape index (κ3) is 8.19. The van der Waals surface area contributed by atoms with Crippen LogP contribution >= 0.6 is 0 Å². The summed E-state index contributed by atoms with van der Waals surface area (Å²) in [6.45, 7) is 4.55. The van der Waals surface area contributed by atoms with Crippen LogP contribution in [0.3, 0.4) is 0 Å². The lowest BCUT2D eigenvalue weighted by Crippen LogP contribution is -2.11. The molecule has 0 aromatic carbocycles. The third-order valence-corrected chi connectivity index (χ3v) is 2.58. The van der Waals surface area contributed by atoms with Crippen molar-refractivity contribution in [2.24, 2.45) is 5.92 Å². The highest BCUT2D eigenvalue weighted by Crippen LogP contribution is 2.06. The van der Waals surface area contributed by atoms with Crippen LogP contribution in [-0.4, -0.2) is 27.1 Å². The van der Waals surface area contributed by atoms with E-state index < -0.39 is 17.0 Å². The van der Waals surface area contributed by atoms with Gasteiger partial charge in [-0.05, 0) is 12.3 Å². The average Bonchev–Trinajstić information content (AvgIpc) is 2.14. The van der Waals surface area contributed by atoms with Crippen LogP contribution in [0.1, 0.15) is 33.1 Å². The number of rotatable bonds is 7. The summed E-state index contributed by atoms with van der Waals surface area (Å²) in [6.07, 6.45) is 1.85. The number of carbonyl (C=O) groups excluding carboxylic acids is 1. The summed E-state index contributed by atoms with van der Waals surface area (Å²) in [4.78, 5) is 10.9. The van der Waals surface area contributed by atoms with Gasteiger partial charge in [0.05, 0.1) is 13.0 Å². The van der Waals surface area contributed by atoms with Gasteiger partial charge in [0.2, 0.25) is 0 Å². The minimum Gasteiger partial charge on any atom is -0.772 e. The van der Waals surface area contributed by atoms with E-state index in [2.05, 4.69) is 13.8 Å². The van der Waals surface area contributed by atoms with E-state index in [1.54, 1.807) is 0 Å². The van der Waals surface area contributed by atoms with Crippen molar-refractivity contribution in [1.29, 1.82) is 0 Å². The van der Waals surface area contributed by atoms with Gasteiger partial charge in [-0.2, -0.15) is 0 Å². The molecule has 2 atom stereocenters. The van der Waals surface area contributed by atoms with E-state index in [0.717, 1.165) is 12.8 Å². The van der Waals surface area contributed by atoms with Crippen molar-refractivity contribution in [1.82, 2.24) is 0 Å². The predicted octanol–water partition coefficient (Wildman–Crippen LogP) is 1.24. The number of ether oxygens (including phenoxy) is 1. The molecule has 14 heavy (non-hydrogen) atoms. The first-order valence-electron chi connectivity index (χ1n) is 4.77. The van der Waals surface area contributed by atoms with Crippen LogP contribution in [0.4, 0.5) is 0 Å². The molecular weight excluding hydrogens is 204 g/mol. The quantitative estimate of drug-likeness (QED) is 0.479. The summed E-state index contributed by atoms with van der Waals surface area (Å²) in [5.74, 6) is -0.0451. The maximum atomic E-state index is 10.9. The van der Waals surface area contributed by atoms with Crippen molar-refractivity contribution in [3.63, 3.8) is 0 Å². The molecule has 4 nitrogen and oxygen atoms in total. The summed E-state index contributed by atoms with van der Waals surface area (Å²) >= 11 is -2.15. The second kappa shape index (κ2) is 7.94. The molecule has 0 aliphatic carbocycles. The minimum atomic E-state index is -2.15. The Morgan fingerprint density at radius 1 is 1.57 bits per heavy atom. The Morgan fingerprint density at radius 3 is 2.71 bits per heavy atom. The zero-order chi connectivity index (χ0) is 11.0. The molecule has 0 bridgehead atoms. The fourth-order valence-electron chi connectivity index (χ4n) is 0.817. The molecule has 2 unspecified atom stereocenters. The van der Waals surface area contributed by atoms with Crippen LogP contribution in [0.2, 0.25) is 0 Å². The summed E-state index contributed by atoms with van der Waals surface area (Å²) in [7, 11) is 0. The molecule has 0 fully saturated rings.